The predicted octanol–water partition coefficient (Wildman–Crippen LogP) is 5.55. The van der Waals surface area contributed by atoms with E-state index in [1.807, 2.05) is 23.5 Å². The van der Waals surface area contributed by atoms with Gasteiger partial charge in [0.1, 0.15) is 12.4 Å². The molecule has 0 bridgehead atoms. The zero-order chi connectivity index (χ0) is 13.0. The second-order valence-electron chi connectivity index (χ2n) is 3.90. The average Bonchev–Trinajstić information content (AvgIpc) is 2.85. The van der Waals surface area contributed by atoms with E-state index in [0.29, 0.717) is 6.61 Å². The van der Waals surface area contributed by atoms with Gasteiger partial charge in [0.2, 0.25) is 0 Å². The molecular formula is C14H14Br2OS. The van der Waals surface area contributed by atoms with E-state index < -0.39 is 0 Å². The summed E-state index contributed by atoms with van der Waals surface area (Å²) in [7, 11) is 0. The molecule has 0 saturated heterocycles. The first-order valence-electron chi connectivity index (χ1n) is 5.77. The van der Waals surface area contributed by atoms with Crippen LogP contribution in [0, 0.1) is 0 Å². The Balaban J connectivity index is 2.05. The fourth-order valence-electron chi connectivity index (χ4n) is 1.63. The lowest BCUT2D eigenvalue weighted by Gasteiger charge is -2.09. The largest absolute Gasteiger partial charge is 0.488 e. The van der Waals surface area contributed by atoms with Gasteiger partial charge in [-0.3, -0.25) is 0 Å². The molecule has 0 fully saturated rings. The third kappa shape index (κ3) is 3.59. The van der Waals surface area contributed by atoms with E-state index in [2.05, 4.69) is 57.0 Å². The lowest BCUT2D eigenvalue weighted by molar-refractivity contribution is 0.307. The van der Waals surface area contributed by atoms with Gasteiger partial charge in [-0.25, -0.2) is 0 Å². The van der Waals surface area contributed by atoms with Crippen LogP contribution in [0.3, 0.4) is 0 Å². The standard InChI is InChI=1S/C14H14Br2OS/c1-2-12-4-5-13(18-12)9-17-14-6-3-11(16)7-10(14)8-15/h3-7H,2,8-9H2,1H3. The van der Waals surface area contributed by atoms with Crippen molar-refractivity contribution >= 4 is 43.2 Å². The normalized spacial score (nSPS) is 10.6. The van der Waals surface area contributed by atoms with Gasteiger partial charge in [0.15, 0.2) is 0 Å². The summed E-state index contributed by atoms with van der Waals surface area (Å²) in [4.78, 5) is 2.68. The maximum Gasteiger partial charge on any atom is 0.123 e. The summed E-state index contributed by atoms with van der Waals surface area (Å²) in [5, 5.41) is 0.798. The highest BCUT2D eigenvalue weighted by Crippen LogP contribution is 2.27. The van der Waals surface area contributed by atoms with Crippen molar-refractivity contribution in [2.45, 2.75) is 25.3 Å². The fourth-order valence-corrected chi connectivity index (χ4v) is 3.35. The smallest absolute Gasteiger partial charge is 0.123 e. The summed E-state index contributed by atoms with van der Waals surface area (Å²) in [6.45, 7) is 2.82. The molecule has 1 aromatic carbocycles. The molecule has 1 aromatic heterocycles. The number of alkyl halides is 1. The molecule has 0 aliphatic carbocycles. The van der Waals surface area contributed by atoms with Crippen molar-refractivity contribution in [1.29, 1.82) is 0 Å². The van der Waals surface area contributed by atoms with Crippen molar-refractivity contribution in [1.82, 2.24) is 0 Å². The third-order valence-corrected chi connectivity index (χ3v) is 4.90. The Morgan fingerprint density at radius 3 is 2.61 bits per heavy atom. The lowest BCUT2D eigenvalue weighted by Crippen LogP contribution is -1.95. The van der Waals surface area contributed by atoms with Gasteiger partial charge in [0, 0.05) is 25.1 Å². The molecular weight excluding hydrogens is 376 g/mol. The monoisotopic (exact) mass is 388 g/mol. The first kappa shape index (κ1) is 14.1. The maximum absolute atomic E-state index is 5.89. The summed E-state index contributed by atoms with van der Waals surface area (Å²) < 4.78 is 6.96. The number of thiophene rings is 1. The first-order valence-corrected chi connectivity index (χ1v) is 8.50. The van der Waals surface area contributed by atoms with Crippen molar-refractivity contribution in [3.63, 3.8) is 0 Å². The predicted molar refractivity (Wildman–Crippen MR) is 84.8 cm³/mol. The van der Waals surface area contributed by atoms with Crippen LogP contribution >= 0.6 is 43.2 Å². The Kier molecular flexibility index (Phi) is 5.27. The van der Waals surface area contributed by atoms with E-state index in [1.54, 1.807) is 0 Å². The number of rotatable bonds is 5. The van der Waals surface area contributed by atoms with Gasteiger partial charge in [-0.2, -0.15) is 0 Å². The third-order valence-electron chi connectivity index (χ3n) is 2.60. The second-order valence-corrected chi connectivity index (χ2v) is 6.63. The van der Waals surface area contributed by atoms with Crippen molar-refractivity contribution in [2.75, 3.05) is 0 Å². The van der Waals surface area contributed by atoms with Gasteiger partial charge in [0.25, 0.3) is 0 Å². The lowest BCUT2D eigenvalue weighted by atomic mass is 10.2. The molecule has 0 N–H and O–H groups in total. The average molecular weight is 390 g/mol. The van der Waals surface area contributed by atoms with Crippen LogP contribution in [0.2, 0.25) is 0 Å². The summed E-state index contributed by atoms with van der Waals surface area (Å²) in [6.07, 6.45) is 1.09. The Morgan fingerprint density at radius 1 is 1.17 bits per heavy atom. The molecule has 0 spiro atoms. The second kappa shape index (κ2) is 6.73. The van der Waals surface area contributed by atoms with E-state index in [0.717, 1.165) is 27.5 Å². The van der Waals surface area contributed by atoms with E-state index >= 15 is 0 Å². The van der Waals surface area contributed by atoms with Crippen LogP contribution in [0.5, 0.6) is 5.75 Å². The number of aryl methyl sites for hydroxylation is 1. The van der Waals surface area contributed by atoms with E-state index in [9.17, 15) is 0 Å². The molecule has 1 heterocycles. The van der Waals surface area contributed by atoms with Gasteiger partial charge in [-0.15, -0.1) is 11.3 Å². The fraction of sp³-hybridized carbons (Fsp3) is 0.286. The molecule has 4 heteroatoms. The zero-order valence-corrected chi connectivity index (χ0v) is 14.1. The molecule has 0 aliphatic heterocycles. The van der Waals surface area contributed by atoms with Crippen LogP contribution in [0.4, 0.5) is 0 Å². The van der Waals surface area contributed by atoms with E-state index in [4.69, 9.17) is 4.74 Å². The van der Waals surface area contributed by atoms with Gasteiger partial charge >= 0.3 is 0 Å². The number of hydrogen-bond donors (Lipinski definition) is 0. The summed E-state index contributed by atoms with van der Waals surface area (Å²) >= 11 is 8.78. The highest BCUT2D eigenvalue weighted by molar-refractivity contribution is 9.10. The maximum atomic E-state index is 5.89. The Bertz CT molecular complexity index is 522. The van der Waals surface area contributed by atoms with Gasteiger partial charge in [0.05, 0.1) is 0 Å². The van der Waals surface area contributed by atoms with Gasteiger partial charge in [-0.1, -0.05) is 38.8 Å². The van der Waals surface area contributed by atoms with Crippen molar-refractivity contribution in [2.24, 2.45) is 0 Å². The van der Waals surface area contributed by atoms with Crippen LogP contribution in [-0.2, 0) is 18.4 Å². The molecule has 0 unspecified atom stereocenters. The van der Waals surface area contributed by atoms with Gasteiger partial charge in [-0.05, 0) is 36.8 Å². The topological polar surface area (TPSA) is 9.23 Å². The van der Waals surface area contributed by atoms with Crippen LogP contribution < -0.4 is 4.74 Å². The highest BCUT2D eigenvalue weighted by Gasteiger charge is 2.05. The molecule has 0 amide bonds. The quantitative estimate of drug-likeness (QED) is 0.609. The molecule has 2 aromatic rings. The minimum absolute atomic E-state index is 0.645. The highest BCUT2D eigenvalue weighted by atomic mass is 79.9. The van der Waals surface area contributed by atoms with Crippen LogP contribution in [0.15, 0.2) is 34.8 Å². The molecule has 1 nitrogen and oxygen atoms in total. The summed E-state index contributed by atoms with van der Waals surface area (Å²) in [5.74, 6) is 0.946. The molecule has 0 radical (unpaired) electrons. The Hall–Kier alpha value is -0.320. The summed E-state index contributed by atoms with van der Waals surface area (Å²) in [6, 6.07) is 10.4. The number of benzene rings is 1. The molecule has 0 atom stereocenters. The van der Waals surface area contributed by atoms with Crippen LogP contribution in [0.25, 0.3) is 0 Å². The molecule has 96 valence electrons. The first-order chi connectivity index (χ1) is 8.72. The van der Waals surface area contributed by atoms with Crippen LogP contribution in [-0.4, -0.2) is 0 Å². The molecule has 0 saturated carbocycles. The van der Waals surface area contributed by atoms with Crippen molar-refractivity contribution in [3.8, 4) is 5.75 Å². The number of hydrogen-bond acceptors (Lipinski definition) is 2. The SMILES string of the molecule is CCc1ccc(COc2ccc(Br)cc2CBr)s1. The van der Waals surface area contributed by atoms with Crippen LogP contribution in [0.1, 0.15) is 22.2 Å². The Morgan fingerprint density at radius 2 is 1.94 bits per heavy atom. The molecule has 0 aliphatic rings. The number of halogens is 2. The summed E-state index contributed by atoms with van der Waals surface area (Å²) in [5.41, 5.74) is 1.16. The van der Waals surface area contributed by atoms with Crippen molar-refractivity contribution < 1.29 is 4.74 Å². The minimum Gasteiger partial charge on any atom is -0.488 e. The van der Waals surface area contributed by atoms with E-state index in [-0.39, 0.29) is 0 Å². The van der Waals surface area contributed by atoms with Gasteiger partial charge < -0.3 is 4.74 Å². The number of ether oxygens (including phenoxy) is 1. The zero-order valence-electron chi connectivity index (χ0n) is 10.1. The molecule has 2 rings (SSSR count). The van der Waals surface area contributed by atoms with Crippen molar-refractivity contribution in [3.05, 3.63) is 50.1 Å². The Labute approximate surface area is 128 Å². The minimum atomic E-state index is 0.645. The molecule has 18 heavy (non-hydrogen) atoms. The van der Waals surface area contributed by atoms with E-state index in [1.165, 1.54) is 9.75 Å².